The minimum atomic E-state index is -3.94. The molecular formula is C12H9ClFNO4S2. The molecule has 2 aromatic rings. The van der Waals surface area contributed by atoms with Crippen LogP contribution in [-0.2, 0) is 21.2 Å². The largest absolute Gasteiger partial charge is 0.481 e. The highest BCUT2D eigenvalue weighted by Crippen LogP contribution is 2.28. The number of anilines is 1. The summed E-state index contributed by atoms with van der Waals surface area (Å²) in [4.78, 5) is 11.0. The maximum atomic E-state index is 13.1. The van der Waals surface area contributed by atoms with Crippen molar-refractivity contribution in [2.24, 2.45) is 0 Å². The number of carboxylic acids is 1. The third-order valence-electron chi connectivity index (χ3n) is 2.40. The second kappa shape index (κ2) is 6.00. The van der Waals surface area contributed by atoms with E-state index in [0.29, 0.717) is 4.88 Å². The highest BCUT2D eigenvalue weighted by atomic mass is 35.5. The van der Waals surface area contributed by atoms with Gasteiger partial charge < -0.3 is 5.11 Å². The zero-order chi connectivity index (χ0) is 15.6. The second-order valence-electron chi connectivity index (χ2n) is 4.02. The molecular weight excluding hydrogens is 341 g/mol. The van der Waals surface area contributed by atoms with Gasteiger partial charge in [0.25, 0.3) is 10.0 Å². The van der Waals surface area contributed by atoms with Gasteiger partial charge in [-0.3, -0.25) is 9.52 Å². The first-order valence-corrected chi connectivity index (χ1v) is 8.24. The molecule has 0 radical (unpaired) electrons. The van der Waals surface area contributed by atoms with Crippen LogP contribution in [0.5, 0.6) is 0 Å². The highest BCUT2D eigenvalue weighted by Gasteiger charge is 2.19. The molecule has 0 saturated heterocycles. The molecule has 0 aliphatic heterocycles. The molecule has 1 heterocycles. The summed E-state index contributed by atoms with van der Waals surface area (Å²) in [5.74, 6) is -1.68. The quantitative estimate of drug-likeness (QED) is 0.869. The lowest BCUT2D eigenvalue weighted by molar-refractivity contribution is -0.136. The number of carbonyl (C=O) groups is 1. The normalized spacial score (nSPS) is 11.3. The number of benzene rings is 1. The van der Waals surface area contributed by atoms with E-state index in [0.717, 1.165) is 23.5 Å². The third kappa shape index (κ3) is 3.93. The summed E-state index contributed by atoms with van der Waals surface area (Å²) in [5, 5.41) is 8.72. The molecule has 2 N–H and O–H groups in total. The lowest BCUT2D eigenvalue weighted by Gasteiger charge is -2.08. The predicted octanol–water partition coefficient (Wildman–Crippen LogP) is 2.97. The van der Waals surface area contributed by atoms with Crippen molar-refractivity contribution in [3.8, 4) is 0 Å². The van der Waals surface area contributed by atoms with E-state index in [4.69, 9.17) is 16.7 Å². The van der Waals surface area contributed by atoms with E-state index in [-0.39, 0.29) is 21.3 Å². The molecule has 1 aromatic carbocycles. The highest BCUT2D eigenvalue weighted by molar-refractivity contribution is 7.94. The topological polar surface area (TPSA) is 83.5 Å². The van der Waals surface area contributed by atoms with Crippen molar-refractivity contribution < 1.29 is 22.7 Å². The molecule has 21 heavy (non-hydrogen) atoms. The van der Waals surface area contributed by atoms with Gasteiger partial charge in [-0.2, -0.15) is 0 Å². The molecule has 0 fully saturated rings. The number of nitrogens with one attached hydrogen (secondary N) is 1. The fourth-order valence-corrected chi connectivity index (χ4v) is 4.16. The van der Waals surface area contributed by atoms with Crippen molar-refractivity contribution in [1.29, 1.82) is 0 Å². The average Bonchev–Trinajstić information content (AvgIpc) is 2.82. The Morgan fingerprint density at radius 1 is 1.33 bits per heavy atom. The molecule has 2 rings (SSSR count). The number of thiophene rings is 1. The van der Waals surface area contributed by atoms with Crippen LogP contribution in [0.3, 0.4) is 0 Å². The first-order chi connectivity index (χ1) is 9.78. The van der Waals surface area contributed by atoms with Crippen LogP contribution in [0.1, 0.15) is 4.88 Å². The number of sulfonamides is 1. The van der Waals surface area contributed by atoms with Crippen molar-refractivity contribution in [2.75, 3.05) is 4.72 Å². The van der Waals surface area contributed by atoms with Crippen LogP contribution >= 0.6 is 22.9 Å². The lowest BCUT2D eigenvalue weighted by atomic mass is 10.3. The summed E-state index contributed by atoms with van der Waals surface area (Å²) in [6.07, 6.45) is -0.263. The fraction of sp³-hybridized carbons (Fsp3) is 0.0833. The standard InChI is InChI=1S/C12H9ClFNO4S2/c13-9-3-1-7(14)5-10(9)15-21(18,19)12-4-2-8(20-12)6-11(16)17/h1-5,15H,6H2,(H,16,17). The molecule has 1 aromatic heterocycles. The van der Waals surface area contributed by atoms with Gasteiger partial charge >= 0.3 is 5.97 Å². The molecule has 0 atom stereocenters. The van der Waals surface area contributed by atoms with Crippen molar-refractivity contribution in [1.82, 2.24) is 0 Å². The first-order valence-electron chi connectivity index (χ1n) is 5.56. The van der Waals surface area contributed by atoms with Gasteiger partial charge in [-0.25, -0.2) is 12.8 Å². The van der Waals surface area contributed by atoms with Crippen LogP contribution in [-0.4, -0.2) is 19.5 Å². The average molecular weight is 350 g/mol. The summed E-state index contributed by atoms with van der Waals surface area (Å²) in [6.45, 7) is 0. The molecule has 0 spiro atoms. The van der Waals surface area contributed by atoms with Crippen molar-refractivity contribution in [3.05, 3.63) is 46.0 Å². The Labute approximate surface area is 129 Å². The van der Waals surface area contributed by atoms with Gasteiger partial charge in [-0.15, -0.1) is 11.3 Å². The van der Waals surface area contributed by atoms with E-state index in [9.17, 15) is 17.6 Å². The van der Waals surface area contributed by atoms with Gasteiger partial charge in [0.05, 0.1) is 17.1 Å². The molecule has 0 aliphatic rings. The number of carboxylic acid groups (broad SMARTS) is 1. The Morgan fingerprint density at radius 3 is 2.71 bits per heavy atom. The number of hydrogen-bond acceptors (Lipinski definition) is 4. The maximum absolute atomic E-state index is 13.1. The van der Waals surface area contributed by atoms with Crippen molar-refractivity contribution in [3.63, 3.8) is 0 Å². The van der Waals surface area contributed by atoms with Gasteiger partial charge in [0.1, 0.15) is 10.0 Å². The Hall–Kier alpha value is -1.64. The van der Waals surface area contributed by atoms with Gasteiger partial charge in [-0.05, 0) is 30.3 Å². The molecule has 112 valence electrons. The Kier molecular flexibility index (Phi) is 4.50. The molecule has 0 bridgehead atoms. The molecule has 0 unspecified atom stereocenters. The van der Waals surface area contributed by atoms with Gasteiger partial charge in [-0.1, -0.05) is 11.6 Å². The van der Waals surface area contributed by atoms with Gasteiger partial charge in [0.2, 0.25) is 0 Å². The molecule has 0 saturated carbocycles. The monoisotopic (exact) mass is 349 g/mol. The van der Waals surface area contributed by atoms with Gasteiger partial charge in [0.15, 0.2) is 0 Å². The van der Waals surface area contributed by atoms with E-state index in [1.165, 1.54) is 18.2 Å². The summed E-state index contributed by atoms with van der Waals surface area (Å²) in [7, 11) is -3.94. The molecule has 0 aliphatic carbocycles. The minimum absolute atomic E-state index is 0.0577. The van der Waals surface area contributed by atoms with Crippen LogP contribution in [0.25, 0.3) is 0 Å². The van der Waals surface area contributed by atoms with E-state index in [1.807, 2.05) is 0 Å². The number of rotatable bonds is 5. The van der Waals surface area contributed by atoms with E-state index in [1.54, 1.807) is 0 Å². The summed E-state index contributed by atoms with van der Waals surface area (Å²) in [6, 6.07) is 6.01. The summed E-state index contributed by atoms with van der Waals surface area (Å²) >= 11 is 6.63. The fourth-order valence-electron chi connectivity index (χ4n) is 1.52. The van der Waals surface area contributed by atoms with E-state index < -0.39 is 21.8 Å². The van der Waals surface area contributed by atoms with Crippen LogP contribution in [0, 0.1) is 5.82 Å². The van der Waals surface area contributed by atoms with Crippen LogP contribution < -0.4 is 4.72 Å². The third-order valence-corrected chi connectivity index (χ3v) is 5.67. The van der Waals surface area contributed by atoms with Crippen LogP contribution in [0.15, 0.2) is 34.5 Å². The van der Waals surface area contributed by atoms with Gasteiger partial charge in [0, 0.05) is 4.88 Å². The Morgan fingerprint density at radius 2 is 2.05 bits per heavy atom. The van der Waals surface area contributed by atoms with Crippen molar-refractivity contribution in [2.45, 2.75) is 10.6 Å². The number of halogens is 2. The predicted molar refractivity (Wildman–Crippen MR) is 77.9 cm³/mol. The maximum Gasteiger partial charge on any atom is 0.308 e. The zero-order valence-electron chi connectivity index (χ0n) is 10.3. The molecule has 9 heteroatoms. The number of hydrogen-bond donors (Lipinski definition) is 2. The van der Waals surface area contributed by atoms with Crippen LogP contribution in [0.4, 0.5) is 10.1 Å². The zero-order valence-corrected chi connectivity index (χ0v) is 12.7. The van der Waals surface area contributed by atoms with E-state index >= 15 is 0 Å². The summed E-state index contributed by atoms with van der Waals surface area (Å²) in [5.41, 5.74) is -0.0788. The smallest absolute Gasteiger partial charge is 0.308 e. The van der Waals surface area contributed by atoms with Crippen molar-refractivity contribution >= 4 is 44.6 Å². The molecule has 5 nitrogen and oxygen atoms in total. The molecule has 0 amide bonds. The number of aliphatic carboxylic acids is 1. The second-order valence-corrected chi connectivity index (χ2v) is 7.51. The Bertz CT molecular complexity index is 788. The van der Waals surface area contributed by atoms with E-state index in [2.05, 4.69) is 4.72 Å². The Balaban J connectivity index is 2.28. The summed E-state index contributed by atoms with van der Waals surface area (Å²) < 4.78 is 39.5. The lowest BCUT2D eigenvalue weighted by Crippen LogP contribution is -2.12. The SMILES string of the molecule is O=C(O)Cc1ccc(S(=O)(=O)Nc2cc(F)ccc2Cl)s1. The first kappa shape index (κ1) is 15.7. The minimum Gasteiger partial charge on any atom is -0.481 e. The van der Waals surface area contributed by atoms with Crippen LogP contribution in [0.2, 0.25) is 5.02 Å².